The van der Waals surface area contributed by atoms with E-state index in [1.807, 2.05) is 0 Å². The molecule has 0 saturated carbocycles. The molecule has 1 aliphatic rings. The number of aliphatic hydroxyl groups excluding tert-OH is 1. The molecule has 3 N–H and O–H groups in total. The maximum absolute atomic E-state index is 14.3. The summed E-state index contributed by atoms with van der Waals surface area (Å²) in [4.78, 5) is 28.1. The van der Waals surface area contributed by atoms with E-state index in [4.69, 9.17) is 0 Å². The van der Waals surface area contributed by atoms with Crippen LogP contribution in [0.1, 0.15) is 39.9 Å². The van der Waals surface area contributed by atoms with Crippen LogP contribution in [-0.4, -0.2) is 56.8 Å². The monoisotopic (exact) mass is 730 g/mol. The second kappa shape index (κ2) is 15.6. The summed E-state index contributed by atoms with van der Waals surface area (Å²) in [6.45, 7) is 0.160. The van der Waals surface area contributed by atoms with Gasteiger partial charge in [0.15, 0.2) is 11.6 Å². The van der Waals surface area contributed by atoms with Crippen molar-refractivity contribution in [1.29, 1.82) is 0 Å². The zero-order chi connectivity index (χ0) is 36.9. The van der Waals surface area contributed by atoms with Crippen molar-refractivity contribution in [3.8, 4) is 0 Å². The number of anilines is 3. The van der Waals surface area contributed by atoms with Crippen LogP contribution in [0.15, 0.2) is 91.0 Å². The lowest BCUT2D eigenvalue weighted by Crippen LogP contribution is -2.48. The summed E-state index contributed by atoms with van der Waals surface area (Å²) in [7, 11) is -4.22. The number of nitrogens with zero attached hydrogens (tertiary/aromatic N) is 2. The van der Waals surface area contributed by atoms with Gasteiger partial charge in [0.1, 0.15) is 0 Å². The number of alkyl halides is 3. The Balaban J connectivity index is 1.45. The van der Waals surface area contributed by atoms with Gasteiger partial charge in [-0.05, 0) is 60.4 Å². The van der Waals surface area contributed by atoms with Gasteiger partial charge in [-0.15, -0.1) is 0 Å². The van der Waals surface area contributed by atoms with Crippen molar-refractivity contribution in [2.24, 2.45) is 0 Å². The van der Waals surface area contributed by atoms with E-state index in [1.165, 1.54) is 35.2 Å². The van der Waals surface area contributed by atoms with E-state index >= 15 is 0 Å². The molecule has 2 atom stereocenters. The molecule has 51 heavy (non-hydrogen) atoms. The molecule has 0 spiro atoms. The summed E-state index contributed by atoms with van der Waals surface area (Å²) >= 11 is 0. The van der Waals surface area contributed by atoms with Gasteiger partial charge in [0.2, 0.25) is 15.9 Å². The van der Waals surface area contributed by atoms with Crippen LogP contribution in [0, 0.1) is 11.6 Å². The standard InChI is InChI=1S/C36H35F5N4O5S/c1-51(49,50)45(27-12-13-30(37)31(38)20-27)29-18-25(17-28(19-29)44-14-6-11-34(44)47)35(48)43-32(16-23-7-3-2-4-8-23)33(46)22-42-21-24-9-5-10-26(15-24)36(39,40)41/h2-5,7-10,12-13,15,17-20,32-33,42,46H,6,11,14,16,21-22H2,1H3,(H,43,48)/t32-,33+/m0/s1. The van der Waals surface area contributed by atoms with Crippen molar-refractivity contribution < 1.29 is 45.1 Å². The Hall–Kier alpha value is -4.86. The number of carbonyl (C=O) groups is 2. The van der Waals surface area contributed by atoms with E-state index in [0.717, 1.165) is 40.4 Å². The van der Waals surface area contributed by atoms with Gasteiger partial charge in [-0.25, -0.2) is 21.5 Å². The molecule has 15 heteroatoms. The zero-order valence-corrected chi connectivity index (χ0v) is 28.1. The summed E-state index contributed by atoms with van der Waals surface area (Å²) in [5.41, 5.74) is -0.0188. The van der Waals surface area contributed by atoms with Crippen LogP contribution in [0.4, 0.5) is 39.0 Å². The molecular weight excluding hydrogens is 695 g/mol. The number of aliphatic hydroxyl groups is 1. The van der Waals surface area contributed by atoms with Crippen LogP contribution < -0.4 is 19.8 Å². The SMILES string of the molecule is CS(=O)(=O)N(c1cc(C(=O)N[C@@H](Cc2ccccc2)[C@H](O)CNCc2cccc(C(F)(F)F)c2)cc(N2CCCC2=O)c1)c1ccc(F)c(F)c1. The molecule has 0 bridgehead atoms. The molecule has 4 aromatic rings. The number of hydrogen-bond acceptors (Lipinski definition) is 6. The molecule has 0 aromatic heterocycles. The molecule has 9 nitrogen and oxygen atoms in total. The van der Waals surface area contributed by atoms with E-state index < -0.39 is 51.5 Å². The number of hydrogen-bond donors (Lipinski definition) is 3. The van der Waals surface area contributed by atoms with Gasteiger partial charge in [-0.2, -0.15) is 13.2 Å². The van der Waals surface area contributed by atoms with Crippen molar-refractivity contribution in [3.63, 3.8) is 0 Å². The minimum atomic E-state index is -4.52. The van der Waals surface area contributed by atoms with Crippen LogP contribution >= 0.6 is 0 Å². The van der Waals surface area contributed by atoms with Crippen LogP contribution in [0.5, 0.6) is 0 Å². The second-order valence-electron chi connectivity index (χ2n) is 12.2. The van der Waals surface area contributed by atoms with E-state index in [2.05, 4.69) is 10.6 Å². The van der Waals surface area contributed by atoms with Gasteiger partial charge in [0.25, 0.3) is 5.91 Å². The highest BCUT2D eigenvalue weighted by Crippen LogP contribution is 2.35. The third kappa shape index (κ3) is 9.48. The van der Waals surface area contributed by atoms with E-state index in [-0.39, 0.29) is 54.5 Å². The molecule has 5 rings (SSSR count). The van der Waals surface area contributed by atoms with Gasteiger partial charge in [0.05, 0.1) is 35.3 Å². The van der Waals surface area contributed by atoms with Crippen molar-refractivity contribution in [3.05, 3.63) is 125 Å². The Morgan fingerprint density at radius 2 is 1.65 bits per heavy atom. The summed E-state index contributed by atoms with van der Waals surface area (Å²) in [5, 5.41) is 17.0. The van der Waals surface area contributed by atoms with E-state index in [9.17, 15) is 45.1 Å². The molecule has 270 valence electrons. The Morgan fingerprint density at radius 3 is 2.29 bits per heavy atom. The van der Waals surface area contributed by atoms with Crippen molar-refractivity contribution in [2.75, 3.05) is 28.6 Å². The number of halogens is 5. The fraction of sp³-hybridized carbons (Fsp3) is 0.278. The smallest absolute Gasteiger partial charge is 0.390 e. The van der Waals surface area contributed by atoms with Crippen LogP contribution in [0.3, 0.4) is 0 Å². The number of carbonyl (C=O) groups excluding carboxylic acids is 2. The predicted molar refractivity (Wildman–Crippen MR) is 182 cm³/mol. The fourth-order valence-electron chi connectivity index (χ4n) is 5.83. The number of amides is 2. The Labute approximate surface area is 291 Å². The zero-order valence-electron chi connectivity index (χ0n) is 27.3. The molecule has 2 amide bonds. The Kier molecular flexibility index (Phi) is 11.4. The minimum absolute atomic E-state index is 0.00639. The van der Waals surface area contributed by atoms with Gasteiger partial charge in [-0.1, -0.05) is 48.5 Å². The first-order valence-electron chi connectivity index (χ1n) is 15.9. The van der Waals surface area contributed by atoms with Gasteiger partial charge < -0.3 is 20.6 Å². The van der Waals surface area contributed by atoms with Gasteiger partial charge >= 0.3 is 6.18 Å². The molecule has 0 radical (unpaired) electrons. The maximum Gasteiger partial charge on any atom is 0.416 e. The molecule has 1 fully saturated rings. The van der Waals surface area contributed by atoms with Crippen molar-refractivity contribution in [1.82, 2.24) is 10.6 Å². The average Bonchev–Trinajstić information content (AvgIpc) is 3.51. The lowest BCUT2D eigenvalue weighted by atomic mass is 10.00. The normalized spacial score (nSPS) is 14.7. The van der Waals surface area contributed by atoms with Crippen molar-refractivity contribution >= 4 is 38.9 Å². The highest BCUT2D eigenvalue weighted by molar-refractivity contribution is 7.92. The van der Waals surface area contributed by atoms with Gasteiger partial charge in [0, 0.05) is 43.4 Å². The molecule has 1 aliphatic heterocycles. The lowest BCUT2D eigenvalue weighted by Gasteiger charge is -2.27. The third-order valence-electron chi connectivity index (χ3n) is 8.27. The average molecular weight is 731 g/mol. The largest absolute Gasteiger partial charge is 0.416 e. The van der Waals surface area contributed by atoms with Crippen LogP contribution in [-0.2, 0) is 34.0 Å². The fourth-order valence-corrected chi connectivity index (χ4v) is 6.82. The predicted octanol–water partition coefficient (Wildman–Crippen LogP) is 5.70. The Bertz CT molecular complexity index is 2000. The van der Waals surface area contributed by atoms with E-state index in [1.54, 1.807) is 30.3 Å². The van der Waals surface area contributed by atoms with Crippen LogP contribution in [0.2, 0.25) is 0 Å². The highest BCUT2D eigenvalue weighted by Gasteiger charge is 2.31. The quantitative estimate of drug-likeness (QED) is 0.152. The summed E-state index contributed by atoms with van der Waals surface area (Å²) in [5.74, 6) is -3.51. The molecule has 0 unspecified atom stereocenters. The maximum atomic E-state index is 14.3. The first-order chi connectivity index (χ1) is 24.1. The molecule has 0 aliphatic carbocycles. The van der Waals surface area contributed by atoms with E-state index in [0.29, 0.717) is 24.6 Å². The first-order valence-corrected chi connectivity index (χ1v) is 17.8. The summed E-state index contributed by atoms with van der Waals surface area (Å²) < 4.78 is 94.5. The summed E-state index contributed by atoms with van der Waals surface area (Å²) in [6.07, 6.45) is -4.04. The number of rotatable bonds is 13. The second-order valence-corrected chi connectivity index (χ2v) is 14.0. The summed E-state index contributed by atoms with van der Waals surface area (Å²) in [6, 6.07) is 19.2. The lowest BCUT2D eigenvalue weighted by molar-refractivity contribution is -0.137. The van der Waals surface area contributed by atoms with Crippen molar-refractivity contribution in [2.45, 2.75) is 44.1 Å². The number of benzene rings is 4. The number of sulfonamides is 1. The third-order valence-corrected chi connectivity index (χ3v) is 9.35. The first kappa shape index (κ1) is 37.4. The van der Waals surface area contributed by atoms with Gasteiger partial charge in [-0.3, -0.25) is 9.59 Å². The number of nitrogens with one attached hydrogen (secondary N) is 2. The molecular formula is C36H35F5N4O5S. The molecule has 1 saturated heterocycles. The molecule has 1 heterocycles. The Morgan fingerprint density at radius 1 is 0.922 bits per heavy atom. The molecule has 4 aromatic carbocycles. The topological polar surface area (TPSA) is 119 Å². The highest BCUT2D eigenvalue weighted by atomic mass is 32.2. The minimum Gasteiger partial charge on any atom is -0.390 e. The van der Waals surface area contributed by atoms with Crippen LogP contribution in [0.25, 0.3) is 0 Å².